The first kappa shape index (κ1) is 15.0. The molecule has 23 heavy (non-hydrogen) atoms. The van der Waals surface area contributed by atoms with Crippen LogP contribution in [0.1, 0.15) is 51.8 Å². The highest BCUT2D eigenvalue weighted by Crippen LogP contribution is 2.29. The van der Waals surface area contributed by atoms with E-state index in [4.69, 9.17) is 0 Å². The molecule has 0 saturated heterocycles. The molecular weight excluding hydrogens is 296 g/mol. The normalized spacial score (nSPS) is 14.1. The van der Waals surface area contributed by atoms with Crippen molar-refractivity contribution in [2.75, 3.05) is 5.32 Å². The molecule has 0 aliphatic carbocycles. The minimum Gasteiger partial charge on any atom is -0.307 e. The summed E-state index contributed by atoms with van der Waals surface area (Å²) in [7, 11) is 0. The molecular formula is C16H16N4O3. The van der Waals surface area contributed by atoms with Crippen molar-refractivity contribution >= 4 is 23.5 Å². The highest BCUT2D eigenvalue weighted by molar-refractivity contribution is 6.22. The van der Waals surface area contributed by atoms with E-state index in [-0.39, 0.29) is 23.3 Å². The van der Waals surface area contributed by atoms with Crippen LogP contribution in [0.4, 0.5) is 5.82 Å². The van der Waals surface area contributed by atoms with Gasteiger partial charge in [-0.05, 0) is 39.0 Å². The number of carbonyl (C=O) groups excluding carboxylic acids is 3. The lowest BCUT2D eigenvalue weighted by atomic mass is 10.1. The molecule has 3 amide bonds. The Balaban J connectivity index is 1.93. The number of imide groups is 1. The number of anilines is 1. The molecule has 118 valence electrons. The number of nitrogens with zero attached hydrogens (tertiary/aromatic N) is 2. The highest BCUT2D eigenvalue weighted by atomic mass is 16.2. The standard InChI is InChI=1S/C16H16N4O3/c1-16(2,3)20-14(22)10-5-4-9(8-11(10)15(20)23)13(21)18-12-6-7-17-19-12/h4-8H,1-3H3,(H2,17,18,19,21). The van der Waals surface area contributed by atoms with Gasteiger partial charge < -0.3 is 5.32 Å². The predicted octanol–water partition coefficient (Wildman–Crippen LogP) is 2.06. The van der Waals surface area contributed by atoms with Gasteiger partial charge in [-0.2, -0.15) is 5.10 Å². The number of aromatic amines is 1. The SMILES string of the molecule is CC(C)(C)N1C(=O)c2ccc(C(=O)Nc3ccn[nH]3)cc2C1=O. The molecule has 0 bridgehead atoms. The fraction of sp³-hybridized carbons (Fsp3) is 0.250. The summed E-state index contributed by atoms with van der Waals surface area (Å²) in [6.45, 7) is 5.38. The zero-order chi connectivity index (χ0) is 16.8. The zero-order valence-electron chi connectivity index (χ0n) is 13.0. The third-order valence-electron chi connectivity index (χ3n) is 3.57. The van der Waals surface area contributed by atoms with Gasteiger partial charge in [-0.3, -0.25) is 24.4 Å². The second-order valence-electron chi connectivity index (χ2n) is 6.30. The van der Waals surface area contributed by atoms with E-state index in [1.807, 2.05) is 0 Å². The van der Waals surface area contributed by atoms with Crippen LogP contribution >= 0.6 is 0 Å². The molecule has 0 spiro atoms. The number of nitrogens with one attached hydrogen (secondary N) is 2. The van der Waals surface area contributed by atoms with Gasteiger partial charge in [0.05, 0.1) is 17.3 Å². The van der Waals surface area contributed by atoms with Crippen molar-refractivity contribution in [3.05, 3.63) is 47.2 Å². The summed E-state index contributed by atoms with van der Waals surface area (Å²) in [6.07, 6.45) is 1.52. The average molecular weight is 312 g/mol. The minimum absolute atomic E-state index is 0.252. The first-order chi connectivity index (χ1) is 10.8. The summed E-state index contributed by atoms with van der Waals surface area (Å²) in [4.78, 5) is 38.3. The van der Waals surface area contributed by atoms with Gasteiger partial charge in [0.2, 0.25) is 0 Å². The lowest BCUT2D eigenvalue weighted by Crippen LogP contribution is -2.45. The summed E-state index contributed by atoms with van der Waals surface area (Å²) in [5, 5.41) is 8.99. The average Bonchev–Trinajstić information content (AvgIpc) is 3.05. The molecule has 1 aromatic carbocycles. The number of amides is 3. The van der Waals surface area contributed by atoms with Gasteiger partial charge >= 0.3 is 0 Å². The van der Waals surface area contributed by atoms with Crippen LogP contribution in [0, 0.1) is 0 Å². The lowest BCUT2D eigenvalue weighted by Gasteiger charge is -2.29. The smallest absolute Gasteiger partial charge is 0.262 e. The molecule has 0 unspecified atom stereocenters. The molecule has 7 nitrogen and oxygen atoms in total. The van der Waals surface area contributed by atoms with Crippen LogP contribution in [0.3, 0.4) is 0 Å². The Morgan fingerprint density at radius 1 is 1.13 bits per heavy atom. The highest BCUT2D eigenvalue weighted by Gasteiger charge is 2.42. The van der Waals surface area contributed by atoms with Crippen molar-refractivity contribution in [3.63, 3.8) is 0 Å². The maximum atomic E-state index is 12.5. The van der Waals surface area contributed by atoms with E-state index in [0.29, 0.717) is 16.9 Å². The Morgan fingerprint density at radius 3 is 2.43 bits per heavy atom. The monoisotopic (exact) mass is 312 g/mol. The van der Waals surface area contributed by atoms with Gasteiger partial charge in [0.1, 0.15) is 5.82 Å². The van der Waals surface area contributed by atoms with Gasteiger partial charge in [-0.1, -0.05) is 0 Å². The Kier molecular flexibility index (Phi) is 3.28. The molecule has 1 aromatic heterocycles. The Labute approximate surface area is 132 Å². The largest absolute Gasteiger partial charge is 0.307 e. The van der Waals surface area contributed by atoms with E-state index in [1.54, 1.807) is 26.8 Å². The first-order valence-corrected chi connectivity index (χ1v) is 7.13. The second-order valence-corrected chi connectivity index (χ2v) is 6.30. The molecule has 7 heteroatoms. The molecule has 0 atom stereocenters. The van der Waals surface area contributed by atoms with E-state index < -0.39 is 5.54 Å². The summed E-state index contributed by atoms with van der Waals surface area (Å²) in [6, 6.07) is 6.11. The van der Waals surface area contributed by atoms with Crippen LogP contribution in [0.5, 0.6) is 0 Å². The predicted molar refractivity (Wildman–Crippen MR) is 83.2 cm³/mol. The topological polar surface area (TPSA) is 95.2 Å². The van der Waals surface area contributed by atoms with Gasteiger partial charge in [0.15, 0.2) is 0 Å². The second kappa shape index (κ2) is 5.05. The molecule has 3 rings (SSSR count). The number of H-pyrrole nitrogens is 1. The zero-order valence-corrected chi connectivity index (χ0v) is 13.0. The van der Waals surface area contributed by atoms with Crippen LogP contribution in [0.15, 0.2) is 30.5 Å². The molecule has 2 N–H and O–H groups in total. The number of hydrogen-bond donors (Lipinski definition) is 2. The van der Waals surface area contributed by atoms with Gasteiger partial charge in [0.25, 0.3) is 17.7 Å². The molecule has 1 aliphatic heterocycles. The molecule has 0 fully saturated rings. The Morgan fingerprint density at radius 2 is 1.83 bits per heavy atom. The minimum atomic E-state index is -0.620. The number of aromatic nitrogens is 2. The summed E-state index contributed by atoms with van der Waals surface area (Å²) in [5.41, 5.74) is 0.256. The quantitative estimate of drug-likeness (QED) is 0.830. The van der Waals surface area contributed by atoms with Crippen molar-refractivity contribution in [2.45, 2.75) is 26.3 Å². The third-order valence-corrected chi connectivity index (χ3v) is 3.57. The Hall–Kier alpha value is -2.96. The van der Waals surface area contributed by atoms with Crippen molar-refractivity contribution in [3.8, 4) is 0 Å². The van der Waals surface area contributed by atoms with E-state index >= 15 is 0 Å². The van der Waals surface area contributed by atoms with E-state index in [0.717, 1.165) is 0 Å². The number of carbonyl (C=O) groups is 3. The van der Waals surface area contributed by atoms with E-state index in [1.165, 1.54) is 29.3 Å². The van der Waals surface area contributed by atoms with Gasteiger partial charge in [0, 0.05) is 17.2 Å². The summed E-state index contributed by atoms with van der Waals surface area (Å²) >= 11 is 0. The maximum Gasteiger partial charge on any atom is 0.262 e. The van der Waals surface area contributed by atoms with Crippen molar-refractivity contribution in [1.29, 1.82) is 0 Å². The van der Waals surface area contributed by atoms with Crippen LogP contribution in [-0.4, -0.2) is 38.4 Å². The fourth-order valence-electron chi connectivity index (χ4n) is 2.51. The number of rotatable bonds is 2. The fourth-order valence-corrected chi connectivity index (χ4v) is 2.51. The maximum absolute atomic E-state index is 12.5. The number of hydrogen-bond acceptors (Lipinski definition) is 4. The summed E-state index contributed by atoms with van der Waals surface area (Å²) < 4.78 is 0. The molecule has 1 aliphatic rings. The van der Waals surface area contributed by atoms with Crippen LogP contribution < -0.4 is 5.32 Å². The van der Waals surface area contributed by atoms with Crippen molar-refractivity contribution < 1.29 is 14.4 Å². The van der Waals surface area contributed by atoms with Crippen LogP contribution in [-0.2, 0) is 0 Å². The van der Waals surface area contributed by atoms with Crippen molar-refractivity contribution in [1.82, 2.24) is 15.1 Å². The van der Waals surface area contributed by atoms with Crippen LogP contribution in [0.2, 0.25) is 0 Å². The van der Waals surface area contributed by atoms with Gasteiger partial charge in [-0.25, -0.2) is 0 Å². The molecule has 2 heterocycles. The number of benzene rings is 1. The third kappa shape index (κ3) is 2.50. The molecule has 0 saturated carbocycles. The van der Waals surface area contributed by atoms with E-state index in [9.17, 15) is 14.4 Å². The molecule has 2 aromatic rings. The Bertz CT molecular complexity index is 803. The lowest BCUT2D eigenvalue weighted by molar-refractivity contribution is 0.0507. The first-order valence-electron chi connectivity index (χ1n) is 7.13. The van der Waals surface area contributed by atoms with Crippen LogP contribution in [0.25, 0.3) is 0 Å². The van der Waals surface area contributed by atoms with Crippen molar-refractivity contribution in [2.24, 2.45) is 0 Å². The molecule has 0 radical (unpaired) electrons. The number of fused-ring (bicyclic) bond motifs is 1. The van der Waals surface area contributed by atoms with Gasteiger partial charge in [-0.15, -0.1) is 0 Å². The summed E-state index contributed by atoms with van der Waals surface area (Å²) in [5.74, 6) is -0.646. The van der Waals surface area contributed by atoms with E-state index in [2.05, 4.69) is 15.5 Å².